The summed E-state index contributed by atoms with van der Waals surface area (Å²) in [4.78, 5) is 35.3. The summed E-state index contributed by atoms with van der Waals surface area (Å²) in [6.07, 6.45) is -10.7. The van der Waals surface area contributed by atoms with E-state index in [0.717, 1.165) is 6.92 Å². The normalized spacial score (nSPS) is 18.1. The SMILES string of the molecule is Cc1cc(S(F)(F)(F)(F)F)cc2c1O[C@H](C(F)(F)F)C(C(=O)OCOC(=O)OC(C)CCO[N+](=O)[O-])=C2. The van der Waals surface area contributed by atoms with Gasteiger partial charge in [-0.3, -0.25) is 0 Å². The fraction of sp³-hybridized carbons (Fsp3) is 0.444. The Labute approximate surface area is 201 Å². The Kier molecular flexibility index (Phi) is 7.56. The average molecular weight is 575 g/mol. The van der Waals surface area contributed by atoms with Gasteiger partial charge in [0, 0.05) is 12.0 Å². The number of ether oxygens (including phenoxy) is 4. The maximum absolute atomic E-state index is 13.5. The molecule has 0 fully saturated rings. The Hall–Kier alpha value is -3.51. The monoisotopic (exact) mass is 575 g/mol. The summed E-state index contributed by atoms with van der Waals surface area (Å²) in [6.45, 7) is 0.304. The van der Waals surface area contributed by atoms with Gasteiger partial charge in [-0.2, -0.15) is 13.2 Å². The largest absolute Gasteiger partial charge is 0.511 e. The molecule has 0 aliphatic carbocycles. The molecule has 0 saturated heterocycles. The van der Waals surface area contributed by atoms with Gasteiger partial charge in [0.2, 0.25) is 12.9 Å². The molecule has 19 heteroatoms. The van der Waals surface area contributed by atoms with Gasteiger partial charge < -0.3 is 23.8 Å². The first-order valence-corrected chi connectivity index (χ1v) is 11.6. The predicted molar refractivity (Wildman–Crippen MR) is 107 cm³/mol. The van der Waals surface area contributed by atoms with Crippen molar-refractivity contribution in [3.05, 3.63) is 38.9 Å². The molecule has 0 radical (unpaired) electrons. The number of carbonyl (C=O) groups excluding carboxylic acids is 2. The van der Waals surface area contributed by atoms with Crippen LogP contribution in [0.5, 0.6) is 5.75 Å². The van der Waals surface area contributed by atoms with E-state index in [1.807, 2.05) is 0 Å². The number of esters is 1. The molecular formula is C18H17F8NO9S. The molecule has 2 rings (SSSR count). The van der Waals surface area contributed by atoms with Crippen molar-refractivity contribution in [2.45, 2.75) is 43.5 Å². The highest BCUT2D eigenvalue weighted by atomic mass is 32.5. The van der Waals surface area contributed by atoms with Crippen LogP contribution in [0.4, 0.5) is 37.4 Å². The predicted octanol–water partition coefficient (Wildman–Crippen LogP) is 6.00. The lowest BCUT2D eigenvalue weighted by atomic mass is 9.99. The van der Waals surface area contributed by atoms with Gasteiger partial charge in [-0.05, 0) is 37.6 Å². The zero-order valence-corrected chi connectivity index (χ0v) is 19.4. The summed E-state index contributed by atoms with van der Waals surface area (Å²) in [5.74, 6) is -2.68. The molecule has 2 atom stereocenters. The molecule has 210 valence electrons. The van der Waals surface area contributed by atoms with Crippen LogP contribution in [-0.4, -0.2) is 49.0 Å². The van der Waals surface area contributed by atoms with Crippen LogP contribution in [0.1, 0.15) is 24.5 Å². The Morgan fingerprint density at radius 1 is 1.16 bits per heavy atom. The zero-order valence-electron chi connectivity index (χ0n) is 18.6. The van der Waals surface area contributed by atoms with Crippen LogP contribution in [-0.2, 0) is 23.8 Å². The summed E-state index contributed by atoms with van der Waals surface area (Å²) in [5.41, 5.74) is -3.02. The smallest absolute Gasteiger partial charge is 0.475 e. The van der Waals surface area contributed by atoms with Gasteiger partial charge in [0.15, 0.2) is 0 Å². The van der Waals surface area contributed by atoms with Crippen molar-refractivity contribution in [2.75, 3.05) is 13.4 Å². The minimum absolute atomic E-state index is 0.0745. The fourth-order valence-electron chi connectivity index (χ4n) is 2.86. The lowest BCUT2D eigenvalue weighted by molar-refractivity contribution is -0.758. The minimum atomic E-state index is -10.2. The van der Waals surface area contributed by atoms with Crippen molar-refractivity contribution in [1.82, 2.24) is 0 Å². The minimum Gasteiger partial charge on any atom is -0.475 e. The summed E-state index contributed by atoms with van der Waals surface area (Å²) in [6, 6.07) is -0.239. The van der Waals surface area contributed by atoms with Crippen LogP contribution >= 0.6 is 10.2 Å². The second-order valence-corrected chi connectivity index (χ2v) is 9.89. The van der Waals surface area contributed by atoms with Gasteiger partial charge in [0.25, 0.3) is 5.09 Å². The molecule has 0 amide bonds. The Morgan fingerprint density at radius 2 is 1.78 bits per heavy atom. The maximum atomic E-state index is 13.5. The number of alkyl halides is 3. The molecule has 1 aromatic rings. The molecule has 0 bridgehead atoms. The number of benzene rings is 1. The Balaban J connectivity index is 2.19. The topological polar surface area (TPSA) is 123 Å². The van der Waals surface area contributed by atoms with Crippen LogP contribution in [0.25, 0.3) is 6.08 Å². The number of rotatable bonds is 9. The van der Waals surface area contributed by atoms with E-state index in [4.69, 9.17) is 0 Å². The molecule has 0 N–H and O–H groups in total. The lowest BCUT2D eigenvalue weighted by Crippen LogP contribution is -2.41. The highest BCUT2D eigenvalue weighted by Crippen LogP contribution is 3.02. The third-order valence-electron chi connectivity index (χ3n) is 4.47. The highest BCUT2D eigenvalue weighted by molar-refractivity contribution is 8.45. The standard InChI is InChI=1S/C18H17F8NO9S/c1-9-5-12(37(22,23,24,25)26)6-11-7-13(15(18(19,20)21)36-14(9)11)16(28)32-8-33-17(29)35-10(2)3-4-34-27(30)31/h5-7,10,15H,3-4,8H2,1-2H3/t10?,15-/m0/s1. The number of aryl methyl sites for hydroxylation is 1. The molecule has 0 aromatic heterocycles. The van der Waals surface area contributed by atoms with Crippen molar-refractivity contribution in [1.29, 1.82) is 0 Å². The van der Waals surface area contributed by atoms with E-state index in [9.17, 15) is 52.3 Å². The molecule has 1 aliphatic heterocycles. The van der Waals surface area contributed by atoms with Gasteiger partial charge in [0.05, 0.1) is 12.2 Å². The van der Waals surface area contributed by atoms with E-state index in [-0.39, 0.29) is 24.6 Å². The van der Waals surface area contributed by atoms with Crippen LogP contribution in [0.15, 0.2) is 22.6 Å². The average Bonchev–Trinajstić information content (AvgIpc) is 2.70. The van der Waals surface area contributed by atoms with E-state index >= 15 is 0 Å². The number of fused-ring (bicyclic) bond motifs is 1. The summed E-state index contributed by atoms with van der Waals surface area (Å²) in [7, 11) is -10.2. The molecular weight excluding hydrogens is 558 g/mol. The van der Waals surface area contributed by atoms with E-state index in [0.29, 0.717) is 0 Å². The van der Waals surface area contributed by atoms with Crippen molar-refractivity contribution >= 4 is 28.4 Å². The number of carbonyl (C=O) groups is 2. The van der Waals surface area contributed by atoms with Gasteiger partial charge in [0.1, 0.15) is 16.7 Å². The maximum Gasteiger partial charge on any atom is 0.511 e. The molecule has 1 heterocycles. The van der Waals surface area contributed by atoms with Crippen molar-refractivity contribution in [3.63, 3.8) is 0 Å². The molecule has 1 unspecified atom stereocenters. The molecule has 1 aromatic carbocycles. The zero-order chi connectivity index (χ0) is 28.5. The van der Waals surface area contributed by atoms with E-state index in [1.54, 1.807) is 0 Å². The lowest BCUT2D eigenvalue weighted by Gasteiger charge is -2.41. The Bertz CT molecular complexity index is 1120. The van der Waals surface area contributed by atoms with Crippen LogP contribution in [0, 0.1) is 17.0 Å². The van der Waals surface area contributed by atoms with Gasteiger partial charge in [-0.1, -0.05) is 19.4 Å². The van der Waals surface area contributed by atoms with Gasteiger partial charge in [-0.15, -0.1) is 10.1 Å². The summed E-state index contributed by atoms with van der Waals surface area (Å²) in [5, 5.41) is 8.94. The number of hydrogen-bond donors (Lipinski definition) is 0. The van der Waals surface area contributed by atoms with Crippen LogP contribution in [0.2, 0.25) is 0 Å². The molecule has 1 aliphatic rings. The van der Waals surface area contributed by atoms with Crippen molar-refractivity contribution in [3.8, 4) is 5.75 Å². The molecule has 37 heavy (non-hydrogen) atoms. The quantitative estimate of drug-likeness (QED) is 0.115. The van der Waals surface area contributed by atoms with Crippen molar-refractivity contribution < 1.29 is 71.1 Å². The first-order chi connectivity index (χ1) is 16.6. The second-order valence-electron chi connectivity index (χ2n) is 7.48. The molecule has 0 spiro atoms. The van der Waals surface area contributed by atoms with Gasteiger partial charge in [-0.25, -0.2) is 9.59 Å². The first kappa shape index (κ1) is 29.7. The molecule has 0 saturated carbocycles. The highest BCUT2D eigenvalue weighted by Gasteiger charge is 2.65. The third-order valence-corrected chi connectivity index (χ3v) is 5.60. The summed E-state index contributed by atoms with van der Waals surface area (Å²) < 4.78 is 125. The number of hydrogen-bond acceptors (Lipinski definition) is 9. The van der Waals surface area contributed by atoms with Crippen molar-refractivity contribution in [2.24, 2.45) is 0 Å². The van der Waals surface area contributed by atoms with E-state index in [2.05, 4.69) is 23.8 Å². The van der Waals surface area contributed by atoms with Crippen LogP contribution < -0.4 is 4.74 Å². The third kappa shape index (κ3) is 8.25. The molecule has 10 nitrogen and oxygen atoms in total. The summed E-state index contributed by atoms with van der Waals surface area (Å²) >= 11 is 0. The fourth-order valence-corrected chi connectivity index (χ4v) is 3.61. The Morgan fingerprint density at radius 3 is 2.32 bits per heavy atom. The second kappa shape index (κ2) is 9.42. The number of halogens is 8. The van der Waals surface area contributed by atoms with E-state index in [1.165, 1.54) is 6.92 Å². The number of nitrogens with zero attached hydrogens (tertiary/aromatic N) is 1. The van der Waals surface area contributed by atoms with Gasteiger partial charge >= 0.3 is 28.5 Å². The van der Waals surface area contributed by atoms with Crippen LogP contribution in [0.3, 0.4) is 0 Å². The first-order valence-electron chi connectivity index (χ1n) is 9.70. The van der Waals surface area contributed by atoms with E-state index < -0.39 is 86.6 Å².